The molecule has 1 aromatic rings. The van der Waals surface area contributed by atoms with Crippen molar-refractivity contribution < 1.29 is 9.47 Å². The van der Waals surface area contributed by atoms with E-state index in [1.807, 2.05) is 24.3 Å². The maximum Gasteiger partial charge on any atom is 0.123 e. The molecule has 0 bridgehead atoms. The van der Waals surface area contributed by atoms with Crippen LogP contribution in [-0.2, 0) is 11.3 Å². The van der Waals surface area contributed by atoms with Gasteiger partial charge in [-0.15, -0.1) is 0 Å². The first-order valence-corrected chi connectivity index (χ1v) is 8.35. The van der Waals surface area contributed by atoms with Crippen LogP contribution in [0.4, 0.5) is 0 Å². The minimum absolute atomic E-state index is 0.472. The van der Waals surface area contributed by atoms with E-state index in [4.69, 9.17) is 15.2 Å². The fourth-order valence-corrected chi connectivity index (χ4v) is 3.07. The predicted molar refractivity (Wildman–Crippen MR) is 86.4 cm³/mol. The first kappa shape index (κ1) is 16.3. The fourth-order valence-electron chi connectivity index (χ4n) is 3.07. The van der Waals surface area contributed by atoms with Crippen LogP contribution in [0.15, 0.2) is 24.3 Å². The summed E-state index contributed by atoms with van der Waals surface area (Å²) in [5.41, 5.74) is 6.77. The van der Waals surface area contributed by atoms with E-state index in [-0.39, 0.29) is 0 Å². The number of hydrogen-bond acceptors (Lipinski definition) is 3. The van der Waals surface area contributed by atoms with E-state index in [0.29, 0.717) is 19.3 Å². The number of para-hydroxylation sites is 1. The Kier molecular flexibility index (Phi) is 7.04. The van der Waals surface area contributed by atoms with Crippen molar-refractivity contribution in [3.63, 3.8) is 0 Å². The van der Waals surface area contributed by atoms with Gasteiger partial charge < -0.3 is 15.2 Å². The smallest absolute Gasteiger partial charge is 0.123 e. The monoisotopic (exact) mass is 291 g/mol. The summed E-state index contributed by atoms with van der Waals surface area (Å²) in [6.07, 6.45) is 7.88. The SMILES string of the molecule is CCC1CCCC(OCCCOc2ccccc2CN)C1. The second-order valence-corrected chi connectivity index (χ2v) is 5.95. The van der Waals surface area contributed by atoms with Gasteiger partial charge in [-0.2, -0.15) is 0 Å². The van der Waals surface area contributed by atoms with Gasteiger partial charge in [0, 0.05) is 18.5 Å². The van der Waals surface area contributed by atoms with E-state index >= 15 is 0 Å². The minimum Gasteiger partial charge on any atom is -0.493 e. The number of hydrogen-bond donors (Lipinski definition) is 1. The molecule has 2 rings (SSSR count). The van der Waals surface area contributed by atoms with Gasteiger partial charge in [0.1, 0.15) is 5.75 Å². The lowest BCUT2D eigenvalue weighted by molar-refractivity contribution is 0.00764. The van der Waals surface area contributed by atoms with Gasteiger partial charge >= 0.3 is 0 Å². The van der Waals surface area contributed by atoms with Gasteiger partial charge in [-0.3, -0.25) is 0 Å². The molecule has 1 saturated carbocycles. The molecular weight excluding hydrogens is 262 g/mol. The van der Waals surface area contributed by atoms with E-state index in [9.17, 15) is 0 Å². The van der Waals surface area contributed by atoms with Crippen LogP contribution >= 0.6 is 0 Å². The molecule has 0 aromatic heterocycles. The summed E-state index contributed by atoms with van der Waals surface area (Å²) >= 11 is 0. The Morgan fingerprint density at radius 2 is 2.05 bits per heavy atom. The van der Waals surface area contributed by atoms with E-state index in [1.54, 1.807) is 0 Å². The quantitative estimate of drug-likeness (QED) is 0.739. The van der Waals surface area contributed by atoms with Crippen molar-refractivity contribution in [2.75, 3.05) is 13.2 Å². The lowest BCUT2D eigenvalue weighted by Crippen LogP contribution is -2.23. The van der Waals surface area contributed by atoms with Crippen molar-refractivity contribution in [3.05, 3.63) is 29.8 Å². The van der Waals surface area contributed by atoms with Crippen LogP contribution in [-0.4, -0.2) is 19.3 Å². The molecule has 0 spiro atoms. The molecule has 2 N–H and O–H groups in total. The first-order chi connectivity index (χ1) is 10.3. The van der Waals surface area contributed by atoms with Crippen molar-refractivity contribution in [1.29, 1.82) is 0 Å². The van der Waals surface area contributed by atoms with Gasteiger partial charge in [-0.25, -0.2) is 0 Å². The van der Waals surface area contributed by atoms with E-state index in [0.717, 1.165) is 30.3 Å². The number of nitrogens with two attached hydrogens (primary N) is 1. The van der Waals surface area contributed by atoms with Gasteiger partial charge in [0.2, 0.25) is 0 Å². The lowest BCUT2D eigenvalue weighted by atomic mass is 9.85. The zero-order chi connectivity index (χ0) is 14.9. The number of rotatable bonds is 8. The standard InChI is InChI=1S/C18H29NO2/c1-2-15-7-5-9-17(13-15)20-11-6-12-21-18-10-4-3-8-16(18)14-19/h3-4,8,10,15,17H,2,5-7,9,11-14,19H2,1H3. The summed E-state index contributed by atoms with van der Waals surface area (Å²) in [6.45, 7) is 4.30. The Morgan fingerprint density at radius 1 is 1.19 bits per heavy atom. The topological polar surface area (TPSA) is 44.5 Å². The van der Waals surface area contributed by atoms with Crippen molar-refractivity contribution in [1.82, 2.24) is 0 Å². The molecule has 2 atom stereocenters. The van der Waals surface area contributed by atoms with Crippen LogP contribution in [0.2, 0.25) is 0 Å². The Labute approximate surface area is 128 Å². The average molecular weight is 291 g/mol. The molecule has 1 fully saturated rings. The Morgan fingerprint density at radius 3 is 2.86 bits per heavy atom. The maximum absolute atomic E-state index is 6.00. The Balaban J connectivity index is 1.61. The zero-order valence-electron chi connectivity index (χ0n) is 13.2. The molecule has 0 saturated heterocycles. The van der Waals surface area contributed by atoms with Crippen LogP contribution in [0.5, 0.6) is 5.75 Å². The predicted octanol–water partition coefficient (Wildman–Crippen LogP) is 3.90. The van der Waals surface area contributed by atoms with Gasteiger partial charge in [0.25, 0.3) is 0 Å². The minimum atomic E-state index is 0.472. The van der Waals surface area contributed by atoms with E-state index in [1.165, 1.54) is 32.1 Å². The van der Waals surface area contributed by atoms with Crippen molar-refractivity contribution in [2.45, 2.75) is 58.1 Å². The van der Waals surface area contributed by atoms with Gasteiger partial charge in [0.15, 0.2) is 0 Å². The molecule has 1 aliphatic rings. The third-order valence-electron chi connectivity index (χ3n) is 4.40. The summed E-state index contributed by atoms with van der Waals surface area (Å²) in [5.74, 6) is 1.78. The van der Waals surface area contributed by atoms with E-state index < -0.39 is 0 Å². The highest BCUT2D eigenvalue weighted by molar-refractivity contribution is 5.32. The number of ether oxygens (including phenoxy) is 2. The lowest BCUT2D eigenvalue weighted by Gasteiger charge is -2.28. The summed E-state index contributed by atoms with van der Waals surface area (Å²) in [6, 6.07) is 7.97. The van der Waals surface area contributed by atoms with Gasteiger partial charge in [0.05, 0.1) is 19.3 Å². The maximum atomic E-state index is 6.00. The average Bonchev–Trinajstić information content (AvgIpc) is 2.55. The zero-order valence-corrected chi connectivity index (χ0v) is 13.2. The summed E-state index contributed by atoms with van der Waals surface area (Å²) < 4.78 is 11.8. The van der Waals surface area contributed by atoms with Crippen molar-refractivity contribution in [3.8, 4) is 5.75 Å². The molecule has 118 valence electrons. The molecular formula is C18H29NO2. The highest BCUT2D eigenvalue weighted by Gasteiger charge is 2.20. The third-order valence-corrected chi connectivity index (χ3v) is 4.40. The molecule has 0 amide bonds. The van der Waals surface area contributed by atoms with Gasteiger partial charge in [-0.1, -0.05) is 44.4 Å². The van der Waals surface area contributed by atoms with Crippen molar-refractivity contribution in [2.24, 2.45) is 11.7 Å². The highest BCUT2D eigenvalue weighted by atomic mass is 16.5. The fraction of sp³-hybridized carbons (Fsp3) is 0.667. The number of benzene rings is 1. The van der Waals surface area contributed by atoms with Crippen LogP contribution in [0, 0.1) is 5.92 Å². The van der Waals surface area contributed by atoms with E-state index in [2.05, 4.69) is 6.92 Å². The van der Waals surface area contributed by atoms with Crippen LogP contribution < -0.4 is 10.5 Å². The molecule has 21 heavy (non-hydrogen) atoms. The highest BCUT2D eigenvalue weighted by Crippen LogP contribution is 2.28. The summed E-state index contributed by atoms with van der Waals surface area (Å²) in [7, 11) is 0. The molecule has 0 radical (unpaired) electrons. The largest absolute Gasteiger partial charge is 0.493 e. The van der Waals surface area contributed by atoms with Crippen LogP contribution in [0.25, 0.3) is 0 Å². The molecule has 3 nitrogen and oxygen atoms in total. The molecule has 1 aromatic carbocycles. The molecule has 0 heterocycles. The Bertz CT molecular complexity index is 408. The second kappa shape index (κ2) is 9.06. The van der Waals surface area contributed by atoms with Crippen molar-refractivity contribution >= 4 is 0 Å². The first-order valence-electron chi connectivity index (χ1n) is 8.35. The Hall–Kier alpha value is -1.06. The van der Waals surface area contributed by atoms with Gasteiger partial charge in [-0.05, 0) is 24.8 Å². The van der Waals surface area contributed by atoms with Crippen LogP contribution in [0.3, 0.4) is 0 Å². The van der Waals surface area contributed by atoms with Crippen LogP contribution in [0.1, 0.15) is 51.0 Å². The summed E-state index contributed by atoms with van der Waals surface area (Å²) in [4.78, 5) is 0. The molecule has 3 heteroatoms. The molecule has 0 aliphatic heterocycles. The third kappa shape index (κ3) is 5.33. The summed E-state index contributed by atoms with van der Waals surface area (Å²) in [5, 5.41) is 0. The normalized spacial score (nSPS) is 22.2. The molecule has 2 unspecified atom stereocenters. The molecule has 1 aliphatic carbocycles. The second-order valence-electron chi connectivity index (χ2n) is 5.95.